The van der Waals surface area contributed by atoms with Crippen LogP contribution in [0.4, 0.5) is 0 Å². The molecule has 0 fully saturated rings. The molecule has 10 heteroatoms. The van der Waals surface area contributed by atoms with Crippen molar-refractivity contribution in [1.29, 1.82) is 0 Å². The largest absolute Gasteiger partial charge is 0.356 e. The Morgan fingerprint density at radius 3 is 2.23 bits per heavy atom. The summed E-state index contributed by atoms with van der Waals surface area (Å²) in [6.45, 7) is 5.34. The van der Waals surface area contributed by atoms with E-state index in [1.54, 1.807) is 26.2 Å². The summed E-state index contributed by atoms with van der Waals surface area (Å²) in [5, 5.41) is 11.2. The maximum Gasteiger partial charge on any atom is 0.241 e. The Hall–Kier alpha value is -1.40. The molecule has 4 N–H and O–H groups in total. The lowest BCUT2D eigenvalue weighted by Gasteiger charge is -2.16. The van der Waals surface area contributed by atoms with Gasteiger partial charge < -0.3 is 15.5 Å². The molecular formula is C16H28IN5O3S. The fourth-order valence-electron chi connectivity index (χ4n) is 1.75. The summed E-state index contributed by atoms with van der Waals surface area (Å²) in [7, 11) is -0.318. The second kappa shape index (κ2) is 11.3. The van der Waals surface area contributed by atoms with Crippen molar-refractivity contribution in [2.75, 3.05) is 27.2 Å². The Labute approximate surface area is 172 Å². The van der Waals surface area contributed by atoms with Crippen LogP contribution in [0.3, 0.4) is 0 Å². The number of rotatable bonds is 7. The predicted octanol–water partition coefficient (Wildman–Crippen LogP) is 0.731. The second-order valence-electron chi connectivity index (χ2n) is 6.27. The molecule has 0 heterocycles. The average molecular weight is 497 g/mol. The van der Waals surface area contributed by atoms with Gasteiger partial charge in [-0.05, 0) is 23.6 Å². The third kappa shape index (κ3) is 9.34. The second-order valence-corrected chi connectivity index (χ2v) is 7.83. The quantitative estimate of drug-likeness (QED) is 0.292. The fraction of sp³-hybridized carbons (Fsp3) is 0.500. The molecule has 148 valence electrons. The number of aliphatic imine (C=N–C) groups is 1. The molecule has 0 spiro atoms. The van der Waals surface area contributed by atoms with E-state index in [2.05, 4.69) is 29.5 Å². The SMILES string of the molecule is CC(C)CNC(=NCc1ccc(S(N)(=O)=O)cc1)NCC(=O)N(C)C.I. The molecular weight excluding hydrogens is 469 g/mol. The number of amides is 1. The number of nitrogens with two attached hydrogens (primary N) is 1. The van der Waals surface area contributed by atoms with Crippen LogP contribution in [0.2, 0.25) is 0 Å². The Bertz CT molecular complexity index is 703. The molecule has 26 heavy (non-hydrogen) atoms. The van der Waals surface area contributed by atoms with Gasteiger partial charge in [0.2, 0.25) is 15.9 Å². The van der Waals surface area contributed by atoms with Crippen LogP contribution >= 0.6 is 24.0 Å². The topological polar surface area (TPSA) is 117 Å². The van der Waals surface area contributed by atoms with Crippen molar-refractivity contribution in [3.05, 3.63) is 29.8 Å². The van der Waals surface area contributed by atoms with Crippen LogP contribution < -0.4 is 15.8 Å². The minimum atomic E-state index is -3.70. The van der Waals surface area contributed by atoms with Gasteiger partial charge in [-0.25, -0.2) is 18.5 Å². The van der Waals surface area contributed by atoms with Crippen LogP contribution in [-0.2, 0) is 21.4 Å². The van der Waals surface area contributed by atoms with Gasteiger partial charge in [-0.3, -0.25) is 4.79 Å². The molecule has 0 aliphatic rings. The lowest BCUT2D eigenvalue weighted by atomic mass is 10.2. The van der Waals surface area contributed by atoms with Crippen LogP contribution in [-0.4, -0.2) is 52.4 Å². The third-order valence-electron chi connectivity index (χ3n) is 3.26. The highest BCUT2D eigenvalue weighted by Crippen LogP contribution is 2.09. The number of primary sulfonamides is 1. The molecule has 1 aromatic carbocycles. The van der Waals surface area contributed by atoms with Gasteiger partial charge in [0.1, 0.15) is 0 Å². The molecule has 0 saturated heterocycles. The van der Waals surface area contributed by atoms with Crippen molar-refractivity contribution >= 4 is 45.9 Å². The predicted molar refractivity (Wildman–Crippen MR) is 114 cm³/mol. The molecule has 8 nitrogen and oxygen atoms in total. The first kappa shape index (κ1) is 24.6. The number of nitrogens with zero attached hydrogens (tertiary/aromatic N) is 2. The maximum absolute atomic E-state index is 11.7. The molecule has 1 amide bonds. The van der Waals surface area contributed by atoms with Crippen molar-refractivity contribution in [2.24, 2.45) is 16.0 Å². The monoisotopic (exact) mass is 497 g/mol. The molecule has 0 aliphatic heterocycles. The third-order valence-corrected chi connectivity index (χ3v) is 4.18. The molecule has 1 aromatic rings. The van der Waals surface area contributed by atoms with Crippen molar-refractivity contribution in [1.82, 2.24) is 15.5 Å². The summed E-state index contributed by atoms with van der Waals surface area (Å²) < 4.78 is 22.5. The number of sulfonamides is 1. The van der Waals surface area contributed by atoms with E-state index in [0.717, 1.165) is 5.56 Å². The number of nitrogens with one attached hydrogen (secondary N) is 2. The number of carbonyl (C=O) groups excluding carboxylic acids is 1. The van der Waals surface area contributed by atoms with Gasteiger partial charge in [0.25, 0.3) is 0 Å². The highest BCUT2D eigenvalue weighted by atomic mass is 127. The van der Waals surface area contributed by atoms with E-state index < -0.39 is 10.0 Å². The highest BCUT2D eigenvalue weighted by molar-refractivity contribution is 14.0. The minimum absolute atomic E-state index is 0. The zero-order valence-corrected chi connectivity index (χ0v) is 18.7. The van der Waals surface area contributed by atoms with Crippen molar-refractivity contribution < 1.29 is 13.2 Å². The van der Waals surface area contributed by atoms with E-state index in [4.69, 9.17) is 5.14 Å². The van der Waals surface area contributed by atoms with Gasteiger partial charge in [0, 0.05) is 20.6 Å². The summed E-state index contributed by atoms with van der Waals surface area (Å²) in [4.78, 5) is 17.7. The van der Waals surface area contributed by atoms with E-state index in [9.17, 15) is 13.2 Å². The Morgan fingerprint density at radius 2 is 1.77 bits per heavy atom. The number of carbonyl (C=O) groups is 1. The molecule has 0 saturated carbocycles. The maximum atomic E-state index is 11.7. The van der Waals surface area contributed by atoms with Crippen LogP contribution in [0.1, 0.15) is 19.4 Å². The first-order chi connectivity index (χ1) is 11.6. The molecule has 0 atom stereocenters. The van der Waals surface area contributed by atoms with Crippen LogP contribution in [0.25, 0.3) is 0 Å². The number of hydrogen-bond donors (Lipinski definition) is 3. The zero-order valence-electron chi connectivity index (χ0n) is 15.5. The number of hydrogen-bond acceptors (Lipinski definition) is 4. The van der Waals surface area contributed by atoms with E-state index in [0.29, 0.717) is 25.0 Å². The number of likely N-dealkylation sites (N-methyl/N-ethyl adjacent to an activating group) is 1. The van der Waals surface area contributed by atoms with Crippen LogP contribution in [0, 0.1) is 5.92 Å². The van der Waals surface area contributed by atoms with Gasteiger partial charge in [0.15, 0.2) is 5.96 Å². The van der Waals surface area contributed by atoms with Gasteiger partial charge in [-0.2, -0.15) is 0 Å². The van der Waals surface area contributed by atoms with Crippen molar-refractivity contribution in [3.63, 3.8) is 0 Å². The summed E-state index contributed by atoms with van der Waals surface area (Å²) in [6.07, 6.45) is 0. The summed E-state index contributed by atoms with van der Waals surface area (Å²) >= 11 is 0. The first-order valence-electron chi connectivity index (χ1n) is 7.93. The van der Waals surface area contributed by atoms with E-state index in [1.165, 1.54) is 17.0 Å². The normalized spacial score (nSPS) is 11.7. The van der Waals surface area contributed by atoms with Gasteiger partial charge >= 0.3 is 0 Å². The summed E-state index contributed by atoms with van der Waals surface area (Å²) in [5.41, 5.74) is 0.831. The van der Waals surface area contributed by atoms with Crippen LogP contribution in [0.15, 0.2) is 34.2 Å². The van der Waals surface area contributed by atoms with E-state index in [1.807, 2.05) is 0 Å². The van der Waals surface area contributed by atoms with E-state index >= 15 is 0 Å². The summed E-state index contributed by atoms with van der Waals surface area (Å²) in [6, 6.07) is 6.22. The zero-order chi connectivity index (χ0) is 19.0. The lowest BCUT2D eigenvalue weighted by Crippen LogP contribution is -2.44. The Kier molecular flexibility index (Phi) is 10.7. The number of halogens is 1. The number of guanidine groups is 1. The minimum Gasteiger partial charge on any atom is -0.356 e. The Morgan fingerprint density at radius 1 is 1.19 bits per heavy atom. The average Bonchev–Trinajstić information content (AvgIpc) is 2.53. The van der Waals surface area contributed by atoms with Crippen molar-refractivity contribution in [3.8, 4) is 0 Å². The van der Waals surface area contributed by atoms with E-state index in [-0.39, 0.29) is 41.3 Å². The fourth-order valence-corrected chi connectivity index (χ4v) is 2.26. The smallest absolute Gasteiger partial charge is 0.241 e. The molecule has 0 aromatic heterocycles. The standard InChI is InChI=1S/C16H27N5O3S.HI/c1-12(2)9-18-16(20-11-15(22)21(3)4)19-10-13-5-7-14(8-6-13)25(17,23)24;/h5-8,12H,9-11H2,1-4H3,(H2,17,23,24)(H2,18,19,20);1H. The molecule has 0 bridgehead atoms. The molecule has 1 rings (SSSR count). The first-order valence-corrected chi connectivity index (χ1v) is 9.48. The summed E-state index contributed by atoms with van der Waals surface area (Å²) in [5.74, 6) is 0.890. The molecule has 0 radical (unpaired) electrons. The number of benzene rings is 1. The van der Waals surface area contributed by atoms with Crippen LogP contribution in [0.5, 0.6) is 0 Å². The van der Waals surface area contributed by atoms with Gasteiger partial charge in [-0.1, -0.05) is 26.0 Å². The van der Waals surface area contributed by atoms with Gasteiger partial charge in [0.05, 0.1) is 18.0 Å². The lowest BCUT2D eigenvalue weighted by molar-refractivity contribution is -0.127. The Balaban J connectivity index is 0.00000625. The van der Waals surface area contributed by atoms with Crippen molar-refractivity contribution in [2.45, 2.75) is 25.3 Å². The molecule has 0 aliphatic carbocycles. The van der Waals surface area contributed by atoms with Gasteiger partial charge in [-0.15, -0.1) is 24.0 Å². The molecule has 0 unspecified atom stereocenters. The highest BCUT2D eigenvalue weighted by Gasteiger charge is 2.08.